The lowest BCUT2D eigenvalue weighted by molar-refractivity contribution is -0.137. The number of benzene rings is 1. The molecule has 0 N–H and O–H groups in total. The highest BCUT2D eigenvalue weighted by Gasteiger charge is 2.31. The Bertz CT molecular complexity index is 1110. The summed E-state index contributed by atoms with van der Waals surface area (Å²) in [6, 6.07) is 12.2. The average molecular weight is 458 g/mol. The molecule has 1 aliphatic rings. The first-order chi connectivity index (χ1) is 15.7. The molecule has 0 spiro atoms. The molecule has 4 rings (SSSR count). The van der Waals surface area contributed by atoms with Gasteiger partial charge in [-0.25, -0.2) is 9.67 Å². The van der Waals surface area contributed by atoms with Crippen LogP contribution in [0.3, 0.4) is 0 Å². The molecule has 0 bridgehead atoms. The third-order valence-corrected chi connectivity index (χ3v) is 6.02. The van der Waals surface area contributed by atoms with Crippen LogP contribution < -0.4 is 4.90 Å². The molecule has 1 saturated heterocycles. The molecule has 1 aromatic carbocycles. The molecule has 1 amide bonds. The molecule has 174 valence electrons. The number of nitrogens with zero attached hydrogens (tertiary/aromatic N) is 5. The number of anilines is 1. The van der Waals surface area contributed by atoms with Gasteiger partial charge in [0.15, 0.2) is 0 Å². The van der Waals surface area contributed by atoms with Gasteiger partial charge in [-0.1, -0.05) is 18.2 Å². The van der Waals surface area contributed by atoms with Gasteiger partial charge in [-0.05, 0) is 44.5 Å². The Morgan fingerprint density at radius 1 is 1.00 bits per heavy atom. The van der Waals surface area contributed by atoms with Gasteiger partial charge in [0.2, 0.25) is 5.91 Å². The van der Waals surface area contributed by atoms with Crippen LogP contribution in [0.4, 0.5) is 19.0 Å². The number of halogens is 3. The van der Waals surface area contributed by atoms with Gasteiger partial charge in [-0.15, -0.1) is 0 Å². The number of para-hydroxylation sites is 1. The van der Waals surface area contributed by atoms with E-state index in [1.165, 1.54) is 6.07 Å². The van der Waals surface area contributed by atoms with Crippen molar-refractivity contribution in [1.82, 2.24) is 19.7 Å². The minimum atomic E-state index is -4.40. The molecule has 3 heterocycles. The van der Waals surface area contributed by atoms with E-state index in [0.717, 1.165) is 41.3 Å². The Hall–Kier alpha value is -3.36. The highest BCUT2D eigenvalue weighted by Crippen LogP contribution is 2.29. The lowest BCUT2D eigenvalue weighted by Crippen LogP contribution is -2.36. The maximum absolute atomic E-state index is 13.1. The van der Waals surface area contributed by atoms with Gasteiger partial charge >= 0.3 is 6.18 Å². The number of aryl methyl sites for hydroxylation is 1. The summed E-state index contributed by atoms with van der Waals surface area (Å²) in [6.07, 6.45) is -2.56. The minimum Gasteiger partial charge on any atom is -0.355 e. The Morgan fingerprint density at radius 3 is 2.42 bits per heavy atom. The van der Waals surface area contributed by atoms with Crippen LogP contribution in [0, 0.1) is 13.8 Å². The molecule has 0 radical (unpaired) electrons. The normalized spacial score (nSPS) is 14.9. The van der Waals surface area contributed by atoms with Crippen molar-refractivity contribution in [3.05, 3.63) is 71.2 Å². The summed E-state index contributed by atoms with van der Waals surface area (Å²) < 4.78 is 40.3. The van der Waals surface area contributed by atoms with Gasteiger partial charge in [0.05, 0.1) is 23.4 Å². The molecular weight excluding hydrogens is 431 g/mol. The second-order valence-corrected chi connectivity index (χ2v) is 8.20. The van der Waals surface area contributed by atoms with Crippen LogP contribution in [0.25, 0.3) is 5.69 Å². The summed E-state index contributed by atoms with van der Waals surface area (Å²) >= 11 is 0. The Labute approximate surface area is 190 Å². The van der Waals surface area contributed by atoms with Crippen molar-refractivity contribution in [3.8, 4) is 5.69 Å². The summed E-state index contributed by atoms with van der Waals surface area (Å²) in [5.41, 5.74) is 2.88. The smallest absolute Gasteiger partial charge is 0.355 e. The standard InChI is InChI=1S/C24H26F3N5O/c1-17-21(18(2)32(29-17)20-7-4-3-5-8-20)15-23(33)31-12-6-11-30(13-14-31)22-10-9-19(16-28-22)24(25,26)27/h3-5,7-10,16H,6,11-15H2,1-2H3. The maximum atomic E-state index is 13.1. The lowest BCUT2D eigenvalue weighted by Gasteiger charge is -2.23. The van der Waals surface area contributed by atoms with Crippen molar-refractivity contribution < 1.29 is 18.0 Å². The molecule has 33 heavy (non-hydrogen) atoms. The van der Waals surface area contributed by atoms with Crippen molar-refractivity contribution in [3.63, 3.8) is 0 Å². The van der Waals surface area contributed by atoms with Gasteiger partial charge < -0.3 is 9.80 Å². The molecular formula is C24H26F3N5O. The number of rotatable bonds is 4. The SMILES string of the molecule is Cc1nn(-c2ccccc2)c(C)c1CC(=O)N1CCCN(c2ccc(C(F)(F)F)cn2)CC1. The number of carbonyl (C=O) groups is 1. The van der Waals surface area contributed by atoms with E-state index < -0.39 is 11.7 Å². The van der Waals surface area contributed by atoms with Gasteiger partial charge in [-0.2, -0.15) is 18.3 Å². The summed E-state index contributed by atoms with van der Waals surface area (Å²) in [5, 5.41) is 4.62. The van der Waals surface area contributed by atoms with Gasteiger partial charge in [-0.3, -0.25) is 4.79 Å². The van der Waals surface area contributed by atoms with Crippen LogP contribution in [0.2, 0.25) is 0 Å². The fourth-order valence-corrected chi connectivity index (χ4v) is 4.15. The fourth-order valence-electron chi connectivity index (χ4n) is 4.15. The van der Waals surface area contributed by atoms with Crippen molar-refractivity contribution in [2.75, 3.05) is 31.1 Å². The molecule has 6 nitrogen and oxygen atoms in total. The zero-order valence-corrected chi connectivity index (χ0v) is 18.6. The minimum absolute atomic E-state index is 0.0241. The first kappa shape index (κ1) is 22.8. The number of alkyl halides is 3. The first-order valence-electron chi connectivity index (χ1n) is 10.9. The summed E-state index contributed by atoms with van der Waals surface area (Å²) in [7, 11) is 0. The summed E-state index contributed by atoms with van der Waals surface area (Å²) in [4.78, 5) is 20.8. The number of aromatic nitrogens is 3. The lowest BCUT2D eigenvalue weighted by atomic mass is 10.1. The number of hydrogen-bond donors (Lipinski definition) is 0. The zero-order valence-electron chi connectivity index (χ0n) is 18.6. The van der Waals surface area contributed by atoms with Gasteiger partial charge in [0.1, 0.15) is 5.82 Å². The Morgan fingerprint density at radius 2 is 1.76 bits per heavy atom. The zero-order chi connectivity index (χ0) is 23.6. The number of amides is 1. The van der Waals surface area contributed by atoms with Crippen LogP contribution >= 0.6 is 0 Å². The quantitative estimate of drug-likeness (QED) is 0.590. The monoisotopic (exact) mass is 457 g/mol. The van der Waals surface area contributed by atoms with Crippen LogP contribution in [-0.4, -0.2) is 51.8 Å². The molecule has 1 aliphatic heterocycles. The molecule has 0 saturated carbocycles. The van der Waals surface area contributed by atoms with Crippen LogP contribution in [0.5, 0.6) is 0 Å². The first-order valence-corrected chi connectivity index (χ1v) is 10.9. The van der Waals surface area contributed by atoms with E-state index in [9.17, 15) is 18.0 Å². The summed E-state index contributed by atoms with van der Waals surface area (Å²) in [5.74, 6) is 0.518. The third-order valence-electron chi connectivity index (χ3n) is 6.02. The Balaban J connectivity index is 1.42. The predicted octanol–water partition coefficient (Wildman–Crippen LogP) is 4.18. The largest absolute Gasteiger partial charge is 0.417 e. The Kier molecular flexibility index (Phi) is 6.40. The number of pyridine rings is 1. The third kappa shape index (κ3) is 5.02. The van der Waals surface area contributed by atoms with E-state index in [2.05, 4.69) is 10.1 Å². The van der Waals surface area contributed by atoms with Crippen LogP contribution in [0.15, 0.2) is 48.7 Å². The predicted molar refractivity (Wildman–Crippen MR) is 119 cm³/mol. The molecule has 9 heteroatoms. The molecule has 3 aromatic rings. The van der Waals surface area contributed by atoms with E-state index in [0.29, 0.717) is 32.0 Å². The molecule has 0 unspecified atom stereocenters. The number of carbonyl (C=O) groups excluding carboxylic acids is 1. The fraction of sp³-hybridized carbons (Fsp3) is 0.375. The topological polar surface area (TPSA) is 54.3 Å². The van der Waals surface area contributed by atoms with E-state index in [4.69, 9.17) is 0 Å². The van der Waals surface area contributed by atoms with Gasteiger partial charge in [0, 0.05) is 43.6 Å². The summed E-state index contributed by atoms with van der Waals surface area (Å²) in [6.45, 7) is 6.12. The average Bonchev–Trinajstić information content (AvgIpc) is 2.97. The van der Waals surface area contributed by atoms with Crippen molar-refractivity contribution in [2.24, 2.45) is 0 Å². The highest BCUT2D eigenvalue weighted by atomic mass is 19.4. The van der Waals surface area contributed by atoms with E-state index in [1.54, 1.807) is 0 Å². The molecule has 2 aromatic heterocycles. The number of hydrogen-bond acceptors (Lipinski definition) is 4. The van der Waals surface area contributed by atoms with E-state index in [-0.39, 0.29) is 12.3 Å². The second-order valence-electron chi connectivity index (χ2n) is 8.20. The van der Waals surface area contributed by atoms with Gasteiger partial charge in [0.25, 0.3) is 0 Å². The highest BCUT2D eigenvalue weighted by molar-refractivity contribution is 5.79. The molecule has 0 aliphatic carbocycles. The molecule has 0 atom stereocenters. The molecule has 1 fully saturated rings. The second kappa shape index (κ2) is 9.25. The van der Waals surface area contributed by atoms with Crippen LogP contribution in [0.1, 0.15) is 28.9 Å². The maximum Gasteiger partial charge on any atom is 0.417 e. The van der Waals surface area contributed by atoms with Crippen molar-refractivity contribution in [1.29, 1.82) is 0 Å². The van der Waals surface area contributed by atoms with Crippen LogP contribution in [-0.2, 0) is 17.4 Å². The van der Waals surface area contributed by atoms with Crippen molar-refractivity contribution in [2.45, 2.75) is 32.9 Å². The van der Waals surface area contributed by atoms with Crippen molar-refractivity contribution >= 4 is 11.7 Å². The van der Waals surface area contributed by atoms with E-state index in [1.807, 2.05) is 58.7 Å². The van der Waals surface area contributed by atoms with E-state index >= 15 is 0 Å².